The van der Waals surface area contributed by atoms with Crippen LogP contribution in [0.15, 0.2) is 23.8 Å². The Kier molecular flexibility index (Phi) is 4.57. The Hall–Kier alpha value is -0.850. The van der Waals surface area contributed by atoms with Crippen LogP contribution in [0.5, 0.6) is 0 Å². The maximum Gasteiger partial charge on any atom is 0.155 e. The third-order valence-electron chi connectivity index (χ3n) is 2.03. The first-order valence-corrected chi connectivity index (χ1v) is 4.32. The van der Waals surface area contributed by atoms with Gasteiger partial charge in [0.2, 0.25) is 0 Å². The molecule has 0 atom stereocenters. The van der Waals surface area contributed by atoms with Gasteiger partial charge >= 0.3 is 0 Å². The molecule has 0 aromatic rings. The van der Waals surface area contributed by atoms with Crippen LogP contribution in [0.4, 0.5) is 0 Å². The number of hydrogen-bond acceptors (Lipinski definition) is 1. The van der Waals surface area contributed by atoms with Gasteiger partial charge in [0.05, 0.1) is 0 Å². The Morgan fingerprint density at radius 2 is 2.00 bits per heavy atom. The minimum Gasteiger partial charge on any atom is -0.295 e. The van der Waals surface area contributed by atoms with E-state index in [1.165, 1.54) is 0 Å². The normalized spacial score (nSPS) is 11.9. The zero-order valence-corrected chi connectivity index (χ0v) is 8.48. The highest BCUT2D eigenvalue weighted by Crippen LogP contribution is 2.17. The molecule has 0 radical (unpaired) electrons. The van der Waals surface area contributed by atoms with Crippen LogP contribution in [0, 0.1) is 5.92 Å². The van der Waals surface area contributed by atoms with Gasteiger partial charge in [-0.2, -0.15) is 0 Å². The van der Waals surface area contributed by atoms with Crippen LogP contribution in [-0.2, 0) is 4.79 Å². The molecule has 0 aromatic heterocycles. The molecule has 0 saturated heterocycles. The number of hydrogen-bond donors (Lipinski definition) is 0. The summed E-state index contributed by atoms with van der Waals surface area (Å²) in [5.74, 6) is 0.610. The van der Waals surface area contributed by atoms with Gasteiger partial charge in [0.15, 0.2) is 5.78 Å². The fraction of sp³-hybridized carbons (Fsp3) is 0.545. The molecule has 0 fully saturated rings. The number of Topliss-reactive ketones (excluding diaryl/α,β-unsaturated/α-hetero) is 1. The molecule has 0 aromatic carbocycles. The SMILES string of the molecule is C=C(C/C(=C\C)C(C)=O)C(C)C. The van der Waals surface area contributed by atoms with Gasteiger partial charge in [-0.05, 0) is 31.8 Å². The van der Waals surface area contributed by atoms with Crippen molar-refractivity contribution in [2.24, 2.45) is 5.92 Å². The Bertz CT molecular complexity index is 209. The Morgan fingerprint density at radius 3 is 2.25 bits per heavy atom. The van der Waals surface area contributed by atoms with Crippen molar-refractivity contribution in [2.45, 2.75) is 34.1 Å². The molecule has 0 aliphatic heterocycles. The van der Waals surface area contributed by atoms with E-state index >= 15 is 0 Å². The van der Waals surface area contributed by atoms with Gasteiger partial charge in [0.1, 0.15) is 0 Å². The van der Waals surface area contributed by atoms with E-state index < -0.39 is 0 Å². The minimum absolute atomic E-state index is 0.152. The van der Waals surface area contributed by atoms with Crippen molar-refractivity contribution < 1.29 is 4.79 Å². The highest BCUT2D eigenvalue weighted by atomic mass is 16.1. The van der Waals surface area contributed by atoms with Gasteiger partial charge in [-0.15, -0.1) is 0 Å². The maximum absolute atomic E-state index is 11.0. The van der Waals surface area contributed by atoms with Crippen LogP contribution in [0.3, 0.4) is 0 Å². The first kappa shape index (κ1) is 11.2. The van der Waals surface area contributed by atoms with Crippen molar-refractivity contribution in [3.05, 3.63) is 23.8 Å². The average Bonchev–Trinajstić information content (AvgIpc) is 1.98. The first-order valence-electron chi connectivity index (χ1n) is 4.32. The summed E-state index contributed by atoms with van der Waals surface area (Å²) in [7, 11) is 0. The van der Waals surface area contributed by atoms with Gasteiger partial charge in [-0.1, -0.05) is 32.1 Å². The standard InChI is InChI=1S/C11H18O/c1-6-11(10(5)12)7-9(4)8(2)3/h6,8H,4,7H2,1-3,5H3/b11-6+. The summed E-state index contributed by atoms with van der Waals surface area (Å²) in [5, 5.41) is 0. The fourth-order valence-corrected chi connectivity index (χ4v) is 0.879. The number of rotatable bonds is 4. The van der Waals surface area contributed by atoms with Crippen LogP contribution < -0.4 is 0 Å². The van der Waals surface area contributed by atoms with Crippen molar-refractivity contribution in [3.63, 3.8) is 0 Å². The summed E-state index contributed by atoms with van der Waals surface area (Å²) in [6.45, 7) is 11.6. The van der Waals surface area contributed by atoms with E-state index in [1.54, 1.807) is 6.92 Å². The molecule has 0 unspecified atom stereocenters. The number of allylic oxidation sites excluding steroid dienone is 3. The zero-order chi connectivity index (χ0) is 9.72. The van der Waals surface area contributed by atoms with Gasteiger partial charge in [0.25, 0.3) is 0 Å². The van der Waals surface area contributed by atoms with Crippen molar-refractivity contribution in [2.75, 3.05) is 0 Å². The van der Waals surface area contributed by atoms with Crippen LogP contribution in [0.2, 0.25) is 0 Å². The highest BCUT2D eigenvalue weighted by molar-refractivity contribution is 5.93. The van der Waals surface area contributed by atoms with E-state index in [0.29, 0.717) is 5.92 Å². The highest BCUT2D eigenvalue weighted by Gasteiger charge is 2.06. The quantitative estimate of drug-likeness (QED) is 0.463. The van der Waals surface area contributed by atoms with Crippen molar-refractivity contribution in [1.82, 2.24) is 0 Å². The summed E-state index contributed by atoms with van der Waals surface area (Å²) in [6, 6.07) is 0. The van der Waals surface area contributed by atoms with Crippen LogP contribution in [-0.4, -0.2) is 5.78 Å². The lowest BCUT2D eigenvalue weighted by Crippen LogP contribution is -2.01. The molecule has 0 rings (SSSR count). The summed E-state index contributed by atoms with van der Waals surface area (Å²) in [5.41, 5.74) is 1.99. The predicted molar refractivity (Wildman–Crippen MR) is 53.0 cm³/mol. The summed E-state index contributed by atoms with van der Waals surface area (Å²) in [4.78, 5) is 11.0. The summed E-state index contributed by atoms with van der Waals surface area (Å²) < 4.78 is 0. The molecule has 1 heteroatoms. The second-order valence-corrected chi connectivity index (χ2v) is 3.36. The van der Waals surface area contributed by atoms with Crippen molar-refractivity contribution >= 4 is 5.78 Å². The Balaban J connectivity index is 4.24. The first-order chi connectivity index (χ1) is 5.49. The van der Waals surface area contributed by atoms with E-state index in [4.69, 9.17) is 0 Å². The van der Waals surface area contributed by atoms with E-state index in [1.807, 2.05) is 13.0 Å². The topological polar surface area (TPSA) is 17.1 Å². The van der Waals surface area contributed by atoms with E-state index in [9.17, 15) is 4.79 Å². The second kappa shape index (κ2) is 4.91. The van der Waals surface area contributed by atoms with E-state index in [0.717, 1.165) is 17.6 Å². The lowest BCUT2D eigenvalue weighted by Gasteiger charge is -2.09. The largest absolute Gasteiger partial charge is 0.295 e. The van der Waals surface area contributed by atoms with Crippen LogP contribution >= 0.6 is 0 Å². The monoisotopic (exact) mass is 166 g/mol. The van der Waals surface area contributed by atoms with E-state index in [2.05, 4.69) is 20.4 Å². The number of ketones is 1. The van der Waals surface area contributed by atoms with Gasteiger partial charge in [0, 0.05) is 0 Å². The van der Waals surface area contributed by atoms with E-state index in [-0.39, 0.29) is 5.78 Å². The maximum atomic E-state index is 11.0. The van der Waals surface area contributed by atoms with Gasteiger partial charge < -0.3 is 0 Å². The molecule has 0 aliphatic carbocycles. The minimum atomic E-state index is 0.152. The molecular weight excluding hydrogens is 148 g/mol. The van der Waals surface area contributed by atoms with Crippen molar-refractivity contribution in [3.8, 4) is 0 Å². The molecule has 1 nitrogen and oxygen atoms in total. The lowest BCUT2D eigenvalue weighted by molar-refractivity contribution is -0.113. The molecule has 12 heavy (non-hydrogen) atoms. The molecule has 0 N–H and O–H groups in total. The van der Waals surface area contributed by atoms with Crippen molar-refractivity contribution in [1.29, 1.82) is 0 Å². The number of carbonyl (C=O) groups excluding carboxylic acids is 1. The summed E-state index contributed by atoms with van der Waals surface area (Å²) >= 11 is 0. The molecule has 0 saturated carbocycles. The molecule has 68 valence electrons. The Morgan fingerprint density at radius 1 is 1.50 bits per heavy atom. The smallest absolute Gasteiger partial charge is 0.155 e. The van der Waals surface area contributed by atoms with Crippen LogP contribution in [0.1, 0.15) is 34.1 Å². The molecule has 0 amide bonds. The predicted octanol–water partition coefficient (Wildman–Crippen LogP) is 3.12. The molecule has 0 aliphatic rings. The number of carbonyl (C=O) groups is 1. The average molecular weight is 166 g/mol. The summed E-state index contributed by atoms with van der Waals surface area (Å²) in [6.07, 6.45) is 2.60. The molecule has 0 bridgehead atoms. The lowest BCUT2D eigenvalue weighted by atomic mass is 9.95. The zero-order valence-electron chi connectivity index (χ0n) is 8.48. The third kappa shape index (κ3) is 3.51. The third-order valence-corrected chi connectivity index (χ3v) is 2.03. The fourth-order valence-electron chi connectivity index (χ4n) is 0.879. The Labute approximate surface area is 75.2 Å². The van der Waals surface area contributed by atoms with Crippen LogP contribution in [0.25, 0.3) is 0 Å². The molecule has 0 heterocycles. The van der Waals surface area contributed by atoms with Gasteiger partial charge in [-0.25, -0.2) is 0 Å². The molecule has 0 spiro atoms. The van der Waals surface area contributed by atoms with Gasteiger partial charge in [-0.3, -0.25) is 4.79 Å². The second-order valence-electron chi connectivity index (χ2n) is 3.36. The molecular formula is C11H18O.